The topological polar surface area (TPSA) is 75.9 Å². The monoisotopic (exact) mass is 368 g/mol. The highest BCUT2D eigenvalue weighted by atomic mass is 19.1. The number of anilines is 1. The van der Waals surface area contributed by atoms with Crippen LogP contribution in [-0.2, 0) is 6.54 Å². The molecule has 0 spiro atoms. The van der Waals surface area contributed by atoms with Gasteiger partial charge in [0.1, 0.15) is 0 Å². The molecule has 2 heterocycles. The molecule has 0 aliphatic rings. The number of rotatable bonds is 7. The molecule has 8 heteroatoms. The summed E-state index contributed by atoms with van der Waals surface area (Å²) in [5.41, 5.74) is 1.29. The quantitative estimate of drug-likeness (QED) is 0.694. The third kappa shape index (κ3) is 4.28. The molecule has 2 aromatic heterocycles. The second kappa shape index (κ2) is 8.39. The first kappa shape index (κ1) is 18.5. The van der Waals surface area contributed by atoms with Gasteiger partial charge in [0, 0.05) is 43.7 Å². The molecule has 0 fully saturated rings. The number of nitrogens with zero attached hydrogens (tertiary/aromatic N) is 5. The molecule has 0 bridgehead atoms. The number of likely N-dealkylation sites (N-methyl/N-ethyl adjacent to an activating group) is 1. The number of amides is 1. The predicted octanol–water partition coefficient (Wildman–Crippen LogP) is 2.68. The summed E-state index contributed by atoms with van der Waals surface area (Å²) in [6, 6.07) is 8.86. The van der Waals surface area contributed by atoms with Crippen molar-refractivity contribution in [3.8, 4) is 11.4 Å². The van der Waals surface area contributed by atoms with Crippen LogP contribution in [0.15, 0.2) is 48.9 Å². The zero-order chi connectivity index (χ0) is 19.2. The molecule has 7 nitrogen and oxygen atoms in total. The fourth-order valence-corrected chi connectivity index (χ4v) is 2.69. The van der Waals surface area contributed by atoms with Gasteiger partial charge in [-0.15, -0.1) is 0 Å². The molecule has 140 valence electrons. The number of carbonyl (C=O) groups excluding carboxylic acids is 1. The van der Waals surface area contributed by atoms with Crippen molar-refractivity contribution in [1.82, 2.24) is 24.6 Å². The van der Waals surface area contributed by atoms with Crippen molar-refractivity contribution in [2.75, 3.05) is 25.5 Å². The van der Waals surface area contributed by atoms with Gasteiger partial charge >= 0.3 is 0 Å². The van der Waals surface area contributed by atoms with E-state index in [0.29, 0.717) is 36.6 Å². The normalized spacial score (nSPS) is 10.6. The van der Waals surface area contributed by atoms with E-state index < -0.39 is 5.82 Å². The maximum absolute atomic E-state index is 13.5. The van der Waals surface area contributed by atoms with E-state index in [2.05, 4.69) is 20.4 Å². The van der Waals surface area contributed by atoms with Crippen molar-refractivity contribution < 1.29 is 9.18 Å². The summed E-state index contributed by atoms with van der Waals surface area (Å²) in [7, 11) is 1.60. The third-order valence-electron chi connectivity index (χ3n) is 4.20. The Morgan fingerprint density at radius 1 is 1.30 bits per heavy atom. The van der Waals surface area contributed by atoms with Gasteiger partial charge in [-0.3, -0.25) is 9.48 Å². The van der Waals surface area contributed by atoms with Crippen molar-refractivity contribution in [3.05, 3.63) is 60.3 Å². The SMILES string of the molecule is CCN(CCn1cccn1)C(=O)c1ccc(-c2ncc(F)c(NC)n2)cc1. The largest absolute Gasteiger partial charge is 0.371 e. The van der Waals surface area contributed by atoms with Crippen LogP contribution in [0.3, 0.4) is 0 Å². The average Bonchev–Trinajstić information content (AvgIpc) is 3.22. The van der Waals surface area contributed by atoms with Crippen LogP contribution in [0.4, 0.5) is 10.2 Å². The second-order valence-electron chi connectivity index (χ2n) is 5.87. The highest BCUT2D eigenvalue weighted by Crippen LogP contribution is 2.19. The Labute approximate surface area is 156 Å². The van der Waals surface area contributed by atoms with Gasteiger partial charge in [0.25, 0.3) is 5.91 Å². The molecule has 0 saturated heterocycles. The number of halogens is 1. The van der Waals surface area contributed by atoms with E-state index in [1.165, 1.54) is 0 Å². The van der Waals surface area contributed by atoms with Gasteiger partial charge in [-0.05, 0) is 25.1 Å². The molecule has 1 amide bonds. The molecule has 3 rings (SSSR count). The molecule has 3 aromatic rings. The molecule has 1 N–H and O–H groups in total. The lowest BCUT2D eigenvalue weighted by Gasteiger charge is -2.21. The maximum Gasteiger partial charge on any atom is 0.253 e. The average molecular weight is 368 g/mol. The summed E-state index contributed by atoms with van der Waals surface area (Å²) in [5.74, 6) is -0.0299. The lowest BCUT2D eigenvalue weighted by atomic mass is 10.1. The van der Waals surface area contributed by atoms with Gasteiger partial charge in [0.2, 0.25) is 0 Å². The second-order valence-corrected chi connectivity index (χ2v) is 5.87. The molecule has 1 aromatic carbocycles. The van der Waals surface area contributed by atoms with Gasteiger partial charge in [-0.25, -0.2) is 14.4 Å². The van der Waals surface area contributed by atoms with E-state index in [1.807, 2.05) is 19.2 Å². The zero-order valence-electron chi connectivity index (χ0n) is 15.3. The number of benzene rings is 1. The fourth-order valence-electron chi connectivity index (χ4n) is 2.69. The number of aromatic nitrogens is 4. The summed E-state index contributed by atoms with van der Waals surface area (Å²) in [5, 5.41) is 6.84. The summed E-state index contributed by atoms with van der Waals surface area (Å²) in [6.07, 6.45) is 4.71. The van der Waals surface area contributed by atoms with E-state index in [9.17, 15) is 9.18 Å². The van der Waals surface area contributed by atoms with Crippen LogP contribution < -0.4 is 5.32 Å². The van der Waals surface area contributed by atoms with Gasteiger partial charge < -0.3 is 10.2 Å². The molecule has 0 unspecified atom stereocenters. The molecule has 0 radical (unpaired) electrons. The summed E-state index contributed by atoms with van der Waals surface area (Å²) in [4.78, 5) is 22.7. The van der Waals surface area contributed by atoms with Crippen LogP contribution in [-0.4, -0.2) is 50.7 Å². The Hall–Kier alpha value is -3.29. The highest BCUT2D eigenvalue weighted by Gasteiger charge is 2.15. The van der Waals surface area contributed by atoms with Crippen LogP contribution in [0.5, 0.6) is 0 Å². The Kier molecular flexibility index (Phi) is 5.75. The van der Waals surface area contributed by atoms with Crippen LogP contribution >= 0.6 is 0 Å². The van der Waals surface area contributed by atoms with Crippen LogP contribution in [0.25, 0.3) is 11.4 Å². The first-order valence-electron chi connectivity index (χ1n) is 8.69. The first-order valence-corrected chi connectivity index (χ1v) is 8.69. The van der Waals surface area contributed by atoms with Crippen molar-refractivity contribution >= 4 is 11.7 Å². The minimum atomic E-state index is -0.510. The van der Waals surface area contributed by atoms with Crippen LogP contribution in [0.1, 0.15) is 17.3 Å². The smallest absolute Gasteiger partial charge is 0.253 e. The number of hydrogen-bond donors (Lipinski definition) is 1. The van der Waals surface area contributed by atoms with Crippen LogP contribution in [0.2, 0.25) is 0 Å². The van der Waals surface area contributed by atoms with Crippen molar-refractivity contribution in [2.24, 2.45) is 0 Å². The molecular formula is C19H21FN6O. The van der Waals surface area contributed by atoms with Crippen molar-refractivity contribution in [1.29, 1.82) is 0 Å². The van der Waals surface area contributed by atoms with Gasteiger partial charge in [-0.2, -0.15) is 5.10 Å². The maximum atomic E-state index is 13.5. The Balaban J connectivity index is 1.72. The molecule has 0 saturated carbocycles. The Morgan fingerprint density at radius 2 is 2.07 bits per heavy atom. The number of carbonyl (C=O) groups is 1. The fraction of sp³-hybridized carbons (Fsp3) is 0.263. The molecule has 0 aliphatic carbocycles. The van der Waals surface area contributed by atoms with E-state index >= 15 is 0 Å². The number of nitrogens with one attached hydrogen (secondary N) is 1. The zero-order valence-corrected chi connectivity index (χ0v) is 15.3. The van der Waals surface area contributed by atoms with Gasteiger partial charge in [0.05, 0.1) is 12.7 Å². The number of hydrogen-bond acceptors (Lipinski definition) is 5. The first-order chi connectivity index (χ1) is 13.1. The van der Waals surface area contributed by atoms with Crippen molar-refractivity contribution in [2.45, 2.75) is 13.5 Å². The van der Waals surface area contributed by atoms with E-state index in [4.69, 9.17) is 0 Å². The highest BCUT2D eigenvalue weighted by molar-refractivity contribution is 5.94. The van der Waals surface area contributed by atoms with Gasteiger partial charge in [0.15, 0.2) is 17.5 Å². The molecular weight excluding hydrogens is 347 g/mol. The Morgan fingerprint density at radius 3 is 2.70 bits per heavy atom. The molecule has 0 aliphatic heterocycles. The lowest BCUT2D eigenvalue weighted by molar-refractivity contribution is 0.0757. The lowest BCUT2D eigenvalue weighted by Crippen LogP contribution is -2.33. The molecule has 27 heavy (non-hydrogen) atoms. The van der Waals surface area contributed by atoms with Gasteiger partial charge in [-0.1, -0.05) is 12.1 Å². The van der Waals surface area contributed by atoms with E-state index in [0.717, 1.165) is 6.20 Å². The minimum Gasteiger partial charge on any atom is -0.371 e. The third-order valence-corrected chi connectivity index (χ3v) is 4.20. The summed E-state index contributed by atoms with van der Waals surface area (Å²) in [6.45, 7) is 3.77. The molecule has 0 atom stereocenters. The predicted molar refractivity (Wildman–Crippen MR) is 101 cm³/mol. The van der Waals surface area contributed by atoms with E-state index in [1.54, 1.807) is 47.1 Å². The standard InChI is InChI=1S/C19H21FN6O/c1-3-25(11-12-26-10-4-9-23-26)19(27)15-7-5-14(6-8-15)17-22-13-16(20)18(21-2)24-17/h4-10,13H,3,11-12H2,1-2H3,(H,21,22,24). The summed E-state index contributed by atoms with van der Waals surface area (Å²) >= 11 is 0. The van der Waals surface area contributed by atoms with E-state index in [-0.39, 0.29) is 11.7 Å². The summed E-state index contributed by atoms with van der Waals surface area (Å²) < 4.78 is 15.3. The minimum absolute atomic E-state index is 0.0489. The Bertz CT molecular complexity index is 895. The van der Waals surface area contributed by atoms with Crippen LogP contribution in [0, 0.1) is 5.82 Å². The van der Waals surface area contributed by atoms with Crippen molar-refractivity contribution in [3.63, 3.8) is 0 Å².